The van der Waals surface area contributed by atoms with Crippen molar-refractivity contribution in [2.75, 3.05) is 13.6 Å². The molecule has 1 saturated heterocycles. The zero-order valence-electron chi connectivity index (χ0n) is 6.14. The highest BCUT2D eigenvalue weighted by Crippen LogP contribution is 2.37. The van der Waals surface area contributed by atoms with Crippen LogP contribution in [0.1, 0.15) is 25.7 Å². The van der Waals surface area contributed by atoms with Gasteiger partial charge in [-0.15, -0.1) is 0 Å². The summed E-state index contributed by atoms with van der Waals surface area (Å²) in [5, 5.41) is 0. The predicted molar refractivity (Wildman–Crippen MR) is 38.4 cm³/mol. The summed E-state index contributed by atoms with van der Waals surface area (Å²) in [6.45, 7) is 1.35. The molecule has 0 amide bonds. The van der Waals surface area contributed by atoms with E-state index in [1.54, 1.807) is 0 Å². The minimum absolute atomic E-state index is 0.985. The van der Waals surface area contributed by atoms with E-state index >= 15 is 0 Å². The number of hydrogen-bond acceptors (Lipinski definition) is 1. The van der Waals surface area contributed by atoms with E-state index < -0.39 is 0 Å². The van der Waals surface area contributed by atoms with E-state index in [0.717, 1.165) is 12.0 Å². The topological polar surface area (TPSA) is 3.24 Å². The largest absolute Gasteiger partial charge is 0.303 e. The van der Waals surface area contributed by atoms with E-state index in [1.165, 1.54) is 32.2 Å². The van der Waals surface area contributed by atoms with Gasteiger partial charge in [0.1, 0.15) is 0 Å². The number of nitrogens with zero attached hydrogens (tertiary/aromatic N) is 1. The lowest BCUT2D eigenvalue weighted by Gasteiger charge is -2.46. The van der Waals surface area contributed by atoms with E-state index in [1.807, 2.05) is 0 Å². The van der Waals surface area contributed by atoms with E-state index in [9.17, 15) is 0 Å². The molecule has 0 N–H and O–H groups in total. The van der Waals surface area contributed by atoms with Gasteiger partial charge in [0.15, 0.2) is 0 Å². The van der Waals surface area contributed by atoms with Gasteiger partial charge in [-0.3, -0.25) is 0 Å². The van der Waals surface area contributed by atoms with Crippen LogP contribution in [-0.4, -0.2) is 24.5 Å². The van der Waals surface area contributed by atoms with E-state index in [-0.39, 0.29) is 0 Å². The lowest BCUT2D eigenvalue weighted by Crippen LogP contribution is -2.48. The Morgan fingerprint density at radius 3 is 2.56 bits per heavy atom. The molecule has 1 heteroatoms. The first-order valence-corrected chi connectivity index (χ1v) is 4.08. The maximum absolute atomic E-state index is 2.54. The van der Waals surface area contributed by atoms with Crippen LogP contribution in [0.25, 0.3) is 0 Å². The second kappa shape index (κ2) is 1.98. The first-order valence-electron chi connectivity index (χ1n) is 4.08. The highest BCUT2D eigenvalue weighted by Gasteiger charge is 2.35. The Morgan fingerprint density at radius 2 is 2.11 bits per heavy atom. The molecule has 9 heavy (non-hydrogen) atoms. The molecule has 0 bridgehead atoms. The molecule has 0 aromatic carbocycles. The van der Waals surface area contributed by atoms with Crippen LogP contribution in [0, 0.1) is 5.92 Å². The number of likely N-dealkylation sites (tertiary alicyclic amines) is 1. The molecule has 0 radical (unpaired) electrons. The maximum Gasteiger partial charge on any atom is 0.0121 e. The molecule has 2 aliphatic rings. The number of piperidine rings is 1. The maximum atomic E-state index is 2.54. The van der Waals surface area contributed by atoms with Crippen LogP contribution in [0.2, 0.25) is 0 Å². The molecule has 0 spiro atoms. The molecule has 2 rings (SSSR count). The summed E-state index contributed by atoms with van der Waals surface area (Å²) in [5.41, 5.74) is 0. The van der Waals surface area contributed by atoms with Crippen molar-refractivity contribution >= 4 is 0 Å². The molecular weight excluding hydrogens is 110 g/mol. The van der Waals surface area contributed by atoms with Gasteiger partial charge in [-0.1, -0.05) is 0 Å². The fourth-order valence-corrected chi connectivity index (χ4v) is 2.24. The van der Waals surface area contributed by atoms with Crippen molar-refractivity contribution < 1.29 is 0 Å². The Labute approximate surface area is 57.0 Å². The number of fused-ring (bicyclic) bond motifs is 1. The van der Waals surface area contributed by atoms with Gasteiger partial charge in [-0.2, -0.15) is 0 Å². The number of rotatable bonds is 0. The second-order valence-electron chi connectivity index (χ2n) is 3.53. The fourth-order valence-electron chi connectivity index (χ4n) is 2.24. The highest BCUT2D eigenvalue weighted by molar-refractivity contribution is 4.90. The monoisotopic (exact) mass is 125 g/mol. The summed E-state index contributed by atoms with van der Waals surface area (Å²) in [6.07, 6.45) is 5.93. The second-order valence-corrected chi connectivity index (χ2v) is 3.53. The summed E-state index contributed by atoms with van der Waals surface area (Å²) < 4.78 is 0. The number of hydrogen-bond donors (Lipinski definition) is 0. The van der Waals surface area contributed by atoms with Crippen LogP contribution < -0.4 is 0 Å². The van der Waals surface area contributed by atoms with E-state index in [4.69, 9.17) is 0 Å². The minimum atomic E-state index is 0.985. The summed E-state index contributed by atoms with van der Waals surface area (Å²) in [5.74, 6) is 1.09. The van der Waals surface area contributed by atoms with Gasteiger partial charge in [0.2, 0.25) is 0 Å². The molecule has 1 heterocycles. The first kappa shape index (κ1) is 5.72. The molecule has 2 atom stereocenters. The van der Waals surface area contributed by atoms with Crippen LogP contribution in [0.5, 0.6) is 0 Å². The predicted octanol–water partition coefficient (Wildman–Crippen LogP) is 1.49. The van der Waals surface area contributed by atoms with Crippen molar-refractivity contribution in [2.24, 2.45) is 5.92 Å². The van der Waals surface area contributed by atoms with Crippen molar-refractivity contribution in [3.05, 3.63) is 0 Å². The van der Waals surface area contributed by atoms with Crippen LogP contribution in [0.15, 0.2) is 0 Å². The van der Waals surface area contributed by atoms with Crippen molar-refractivity contribution in [1.29, 1.82) is 0 Å². The molecule has 1 saturated carbocycles. The molecule has 0 aromatic heterocycles. The van der Waals surface area contributed by atoms with Crippen molar-refractivity contribution in [2.45, 2.75) is 31.7 Å². The summed E-state index contributed by atoms with van der Waals surface area (Å²) in [7, 11) is 2.27. The summed E-state index contributed by atoms with van der Waals surface area (Å²) in [6, 6.07) is 0.985. The van der Waals surface area contributed by atoms with Crippen LogP contribution >= 0.6 is 0 Å². The molecule has 0 aromatic rings. The quantitative estimate of drug-likeness (QED) is 0.474. The standard InChI is InChI=1S/C8H15N/c1-9-6-2-3-7-4-5-8(7)9/h7-8H,2-6H2,1H3. The highest BCUT2D eigenvalue weighted by atomic mass is 15.1. The summed E-state index contributed by atoms with van der Waals surface area (Å²) >= 11 is 0. The van der Waals surface area contributed by atoms with Crippen molar-refractivity contribution in [1.82, 2.24) is 4.90 Å². The van der Waals surface area contributed by atoms with Gasteiger partial charge in [0.25, 0.3) is 0 Å². The fraction of sp³-hybridized carbons (Fsp3) is 1.00. The van der Waals surface area contributed by atoms with Gasteiger partial charge in [-0.05, 0) is 45.2 Å². The average molecular weight is 125 g/mol. The third-order valence-corrected chi connectivity index (χ3v) is 3.03. The zero-order valence-corrected chi connectivity index (χ0v) is 6.14. The van der Waals surface area contributed by atoms with E-state index in [0.29, 0.717) is 0 Å². The average Bonchev–Trinajstić information content (AvgIpc) is 1.74. The van der Waals surface area contributed by atoms with Gasteiger partial charge in [0, 0.05) is 6.04 Å². The van der Waals surface area contributed by atoms with Crippen molar-refractivity contribution in [3.63, 3.8) is 0 Å². The molecule has 1 aliphatic heterocycles. The smallest absolute Gasteiger partial charge is 0.0121 e. The molecule has 2 fully saturated rings. The van der Waals surface area contributed by atoms with Gasteiger partial charge < -0.3 is 4.90 Å². The Balaban J connectivity index is 1.98. The molecule has 2 unspecified atom stereocenters. The molecule has 1 aliphatic carbocycles. The molecule has 52 valence electrons. The SMILES string of the molecule is CN1CCCC2CCC21. The minimum Gasteiger partial charge on any atom is -0.303 e. The van der Waals surface area contributed by atoms with Gasteiger partial charge >= 0.3 is 0 Å². The Bertz CT molecular complexity index is 105. The van der Waals surface area contributed by atoms with Gasteiger partial charge in [0.05, 0.1) is 0 Å². The Hall–Kier alpha value is -0.0400. The first-order chi connectivity index (χ1) is 4.38. The third kappa shape index (κ3) is 0.787. The van der Waals surface area contributed by atoms with Crippen molar-refractivity contribution in [3.8, 4) is 0 Å². The Morgan fingerprint density at radius 1 is 1.22 bits per heavy atom. The van der Waals surface area contributed by atoms with E-state index in [2.05, 4.69) is 11.9 Å². The Kier molecular flexibility index (Phi) is 1.26. The molecule has 1 nitrogen and oxygen atoms in total. The van der Waals surface area contributed by atoms with Gasteiger partial charge in [-0.25, -0.2) is 0 Å². The van der Waals surface area contributed by atoms with Crippen LogP contribution in [-0.2, 0) is 0 Å². The lowest BCUT2D eigenvalue weighted by atomic mass is 9.73. The summed E-state index contributed by atoms with van der Waals surface area (Å²) in [4.78, 5) is 2.54. The van der Waals surface area contributed by atoms with Crippen LogP contribution in [0.4, 0.5) is 0 Å². The molecular formula is C8H15N. The van der Waals surface area contributed by atoms with Crippen LogP contribution in [0.3, 0.4) is 0 Å². The normalized spacial score (nSPS) is 43.7. The third-order valence-electron chi connectivity index (χ3n) is 3.03. The lowest BCUT2D eigenvalue weighted by molar-refractivity contribution is 0.0408. The zero-order chi connectivity index (χ0) is 6.27.